The van der Waals surface area contributed by atoms with Crippen molar-refractivity contribution in [1.82, 2.24) is 58.7 Å². The second-order valence-electron chi connectivity index (χ2n) is 32.5. The zero-order valence-electron chi connectivity index (χ0n) is 67.3. The number of aliphatic imine (C=N–C) groups is 1. The van der Waals surface area contributed by atoms with Gasteiger partial charge in [-0.25, -0.2) is 29.2 Å². The quantitative estimate of drug-likeness (QED) is 0.0130. The normalized spacial score (nSPS) is 29.7. The van der Waals surface area contributed by atoms with E-state index in [0.717, 1.165) is 42.4 Å². The molecule has 4 aromatic rings. The number of amidine groups is 1. The maximum absolute atomic E-state index is 13.3. The molecule has 0 aliphatic carbocycles. The highest BCUT2D eigenvalue weighted by Gasteiger charge is 2.65. The summed E-state index contributed by atoms with van der Waals surface area (Å²) in [5, 5.41) is 89.8. The number of carbonyl (C=O) groups is 12. The molecule has 20 atom stereocenters. The number of carboxylic acids is 4. The van der Waals surface area contributed by atoms with Crippen molar-refractivity contribution in [3.05, 3.63) is 103 Å². The van der Waals surface area contributed by atoms with Gasteiger partial charge >= 0.3 is 30.2 Å². The number of carboxylic acid groups (broad SMARTS) is 4. The Balaban J connectivity index is 0.000000141. The maximum atomic E-state index is 13.3. The smallest absolute Gasteiger partial charge is 0.353 e. The molecule has 0 aromatic carbocycles. The number of nitrogens with one attached hydrogen (secondary N) is 2. The van der Waals surface area contributed by atoms with Crippen LogP contribution >= 0.6 is 46.6 Å². The van der Waals surface area contributed by atoms with E-state index in [2.05, 4.69) is 20.3 Å². The van der Waals surface area contributed by atoms with Crippen LogP contribution in [0.4, 0.5) is 0 Å². The van der Waals surface area contributed by atoms with E-state index in [1.165, 1.54) is 90.2 Å². The molecule has 12 aliphatic rings. The number of aromatic nitrogens is 6. The van der Waals surface area contributed by atoms with Crippen LogP contribution in [0.15, 0.2) is 92.2 Å². The molecule has 7 amide bonds. The second-order valence-corrected chi connectivity index (χ2v) is 37.6. The van der Waals surface area contributed by atoms with Gasteiger partial charge in [0.1, 0.15) is 52.7 Å². The molecule has 0 bridgehead atoms. The molecule has 16 N–H and O–H groups in total. The maximum Gasteiger partial charge on any atom is 0.353 e. The predicted octanol–water partition coefficient (Wildman–Crippen LogP) is -1.63. The van der Waals surface area contributed by atoms with Gasteiger partial charge in [0.25, 0.3) is 5.91 Å². The van der Waals surface area contributed by atoms with Crippen LogP contribution in [-0.4, -0.2) is 300 Å². The van der Waals surface area contributed by atoms with Crippen LogP contribution in [0.2, 0.25) is 0 Å². The summed E-state index contributed by atoms with van der Waals surface area (Å²) in [5.74, 6) is -9.74. The molecule has 7 saturated heterocycles. The number of aliphatic hydroxyl groups excluding tert-OH is 4. The number of ketones is 1. The Hall–Kier alpha value is -10.2. The van der Waals surface area contributed by atoms with E-state index in [1.54, 1.807) is 74.2 Å². The van der Waals surface area contributed by atoms with Gasteiger partial charge in [0.2, 0.25) is 54.1 Å². The average molecular weight is 1740 g/mol. The Bertz CT molecular complexity index is 5070. The van der Waals surface area contributed by atoms with Crippen LogP contribution < -0.4 is 31.8 Å². The number of β-lactam (4-membered cyclic amide) rings is 4. The molecule has 0 saturated carbocycles. The zero-order chi connectivity index (χ0) is 87.3. The number of guanidine groups is 1. The molecule has 12 aliphatic heterocycles. The molecule has 120 heavy (non-hydrogen) atoms. The summed E-state index contributed by atoms with van der Waals surface area (Å²) in [7, 11) is 1.87. The fourth-order valence-corrected chi connectivity index (χ4v) is 24.7. The molecular weight excluding hydrogens is 1640 g/mol. The topological polar surface area (TPSA) is 559 Å². The van der Waals surface area contributed by atoms with Gasteiger partial charge in [-0.2, -0.15) is 13.9 Å². The fraction of sp³-hybridized carbons (Fsp3) is 0.558. The lowest BCUT2D eigenvalue weighted by atomic mass is 9.77. The van der Waals surface area contributed by atoms with E-state index in [1.807, 2.05) is 53.9 Å². The summed E-state index contributed by atoms with van der Waals surface area (Å²) in [6.07, 6.45) is 8.61. The molecule has 16 heterocycles. The number of nitrogens with zero attached hydrogens (tertiary/aromatic N) is 14. The van der Waals surface area contributed by atoms with Crippen LogP contribution in [0.25, 0.3) is 10.4 Å². The third-order valence-corrected chi connectivity index (χ3v) is 30.2. The van der Waals surface area contributed by atoms with Gasteiger partial charge in [0.05, 0.1) is 106 Å². The molecule has 4 aromatic heterocycles. The number of thioether (sulfide) groups is 3. The van der Waals surface area contributed by atoms with Gasteiger partial charge in [-0.3, -0.25) is 53.1 Å². The molecule has 644 valence electrons. The van der Waals surface area contributed by atoms with Gasteiger partial charge in [-0.15, -0.1) is 46.6 Å². The first-order valence-electron chi connectivity index (χ1n) is 39.4. The lowest BCUT2D eigenvalue weighted by molar-refractivity contribution is -0.758. The summed E-state index contributed by atoms with van der Waals surface area (Å²) in [4.78, 5) is 174. The number of aliphatic carboxylic acids is 4. The first-order chi connectivity index (χ1) is 56.6. The molecule has 16 rings (SSSR count). The van der Waals surface area contributed by atoms with Crippen molar-refractivity contribution in [2.24, 2.45) is 69.5 Å². The standard InChI is InChI=1S/C23H35N7O6S.C23H21N5O6S.C16H23N3O4S.C15H18N4O4S/c1-10-17-16(11(2)31)21(34)30(17)18(22(35)36)19(10)37-13-6-14(28(3)9-13)20(33)29-5-4-12(8-29)27-15(32)7-26-23(24)25;1-10-15(19(23(33)34)28-18(10)16(11(2)29)21(28)32)13-7-27-9-25-17(22(27)35-13)20(31)12-4-3-5-26(6-12)8-14(24)30;1-7-12-11(8(2)20)15(21)19(12)13(16(22)23)14(7)24-10-4-5-18(6-10)9(3)17;1-7-11-10(8(2)20)14(21)19(11)12(15(22)23)13(7)24-9-3-17-5-16-6-18(17)4-9/h10-14,16-17,31H,4-9H2,1-3H3,(H,27,32)(H,35,36)(H4,24,25,26);3-7,9-11,16,18,29H,8H2,1-2H3,(H2-,24,30,33,34);7-8,10-12,17,20H,4-6H2,1-3H3,(H,22,23);5-11,20H,3-4H2,1-2H3/p+2/t10-,11-,12+,13+,14+,16-,17-;10-,11+,16+,18+;7-,8-,10+,11-,12-;7-,8-,10-,11-/m1011/s1. The number of hydrogen-bond acceptors (Lipinski definition) is 25. The number of likely N-dealkylation sites (tertiary alicyclic amines) is 3. The number of nitrogens with two attached hydrogens (primary N) is 3. The third kappa shape index (κ3) is 15.9. The van der Waals surface area contributed by atoms with Crippen LogP contribution in [0, 0.1) is 52.8 Å². The van der Waals surface area contributed by atoms with Crippen molar-refractivity contribution in [2.75, 3.05) is 46.3 Å². The van der Waals surface area contributed by atoms with E-state index < -0.39 is 89.8 Å². The summed E-state index contributed by atoms with van der Waals surface area (Å²) in [6.45, 7) is 20.0. The summed E-state index contributed by atoms with van der Waals surface area (Å²) >= 11 is 5.70. The zero-order valence-corrected chi connectivity index (χ0v) is 70.6. The minimum atomic E-state index is -1.22. The Morgan fingerprint density at radius 3 is 1.62 bits per heavy atom. The Morgan fingerprint density at radius 1 is 0.650 bits per heavy atom. The second kappa shape index (κ2) is 34.4. The van der Waals surface area contributed by atoms with Gasteiger partial charge < -0.3 is 92.8 Å². The van der Waals surface area contributed by atoms with E-state index in [9.17, 15) is 98.4 Å². The largest absolute Gasteiger partial charge is 0.477 e. The van der Waals surface area contributed by atoms with Crippen molar-refractivity contribution in [3.63, 3.8) is 0 Å². The number of rotatable bonds is 23. The van der Waals surface area contributed by atoms with E-state index in [4.69, 9.17) is 22.6 Å². The lowest BCUT2D eigenvalue weighted by Crippen LogP contribution is -2.63. The van der Waals surface area contributed by atoms with Crippen LogP contribution in [0.5, 0.6) is 0 Å². The van der Waals surface area contributed by atoms with Crippen LogP contribution in [0.1, 0.15) is 103 Å². The number of fused-ring (bicyclic) bond motifs is 6. The van der Waals surface area contributed by atoms with Gasteiger partial charge in [0.15, 0.2) is 18.4 Å². The summed E-state index contributed by atoms with van der Waals surface area (Å²) in [6, 6.07) is 1.41. The van der Waals surface area contributed by atoms with Crippen LogP contribution in [0.3, 0.4) is 0 Å². The summed E-state index contributed by atoms with van der Waals surface area (Å²) in [5.41, 5.74) is 16.8. The van der Waals surface area contributed by atoms with E-state index in [-0.39, 0.29) is 152 Å². The average Bonchev–Trinajstić information content (AvgIpc) is 1.55. The predicted molar refractivity (Wildman–Crippen MR) is 432 cm³/mol. The number of aliphatic hydroxyl groups is 4. The highest BCUT2D eigenvalue weighted by atomic mass is 32.2. The number of amides is 7. The molecule has 0 unspecified atom stereocenters. The third-order valence-electron chi connectivity index (χ3n) is 24.5. The number of carbonyl (C=O) groups excluding carboxylic acids is 8. The van der Waals surface area contributed by atoms with Crippen molar-refractivity contribution in [3.8, 4) is 0 Å². The highest BCUT2D eigenvalue weighted by molar-refractivity contribution is 8.04. The molecular formula is C77H99N19O20S4+2. The van der Waals surface area contributed by atoms with Crippen molar-refractivity contribution in [2.45, 2.75) is 178 Å². The molecule has 0 radical (unpaired) electrons. The minimum Gasteiger partial charge on any atom is -0.477 e. The minimum absolute atomic E-state index is 0.000632. The Kier molecular flexibility index (Phi) is 25.1. The lowest BCUT2D eigenvalue weighted by Gasteiger charge is -2.46. The number of hydrogen-bond donors (Lipinski definition) is 13. The van der Waals surface area contributed by atoms with Gasteiger partial charge in [-0.1, -0.05) is 27.7 Å². The first kappa shape index (κ1) is 87.7. The number of primary amides is 1. The Labute approximate surface area is 704 Å². The van der Waals surface area contributed by atoms with E-state index in [0.29, 0.717) is 64.1 Å². The summed E-state index contributed by atoms with van der Waals surface area (Å²) < 4.78 is 7.15. The van der Waals surface area contributed by atoms with E-state index >= 15 is 0 Å². The molecule has 39 nitrogen and oxygen atoms in total. The van der Waals surface area contributed by atoms with Crippen molar-refractivity contribution in [1.29, 1.82) is 5.41 Å². The van der Waals surface area contributed by atoms with Crippen LogP contribution in [-0.2, 0) is 72.4 Å². The monoisotopic (exact) mass is 1740 g/mol. The fourth-order valence-electron chi connectivity index (χ4n) is 19.0. The number of imidazole rings is 1. The molecule has 43 heteroatoms. The highest BCUT2D eigenvalue weighted by Crippen LogP contribution is 2.56. The number of likely N-dealkylation sites (N-methyl/N-ethyl adjacent to an activating group) is 1. The number of thiazole rings is 1. The van der Waals surface area contributed by atoms with Gasteiger partial charge in [-0.05, 0) is 72.0 Å². The van der Waals surface area contributed by atoms with Crippen molar-refractivity contribution < 1.29 is 108 Å². The molecule has 7 fully saturated rings. The number of pyridine rings is 1. The van der Waals surface area contributed by atoms with Gasteiger partial charge in [0, 0.05) is 105 Å². The Morgan fingerprint density at radius 2 is 1.14 bits per heavy atom. The molecule has 0 spiro atoms. The first-order valence-corrected chi connectivity index (χ1v) is 42.9. The SMILES string of the molecule is CC(=N)N1CC[C@H](SC2=C(C(=O)O)N3C(=O)[C@H]([C@@H](C)O)[C@H]3[C@H]2C)C1.C[C@@H](O)[C@H]1C(=O)N2C(C(=O)O)=C(SC3Cn4cnc[n+]4C3)[C@H](C)[C@H]12.C[C@@H](O)[C@H]1C(=O)N2C(C(=O)O)=C(S[C@H]3C[C@@H](C(=O)N4CC[C@H](NC(=O)CN=C(N)N)C4)N(C)C3)[C@H](C)[C@H]12.C[C@@H](O)[C@H]1C(=O)N2C(C(=O)O)=C(c3cn4cnc(C(=O)c5ccc[n+](CC(N)=O)c5)c4s3)[C@H](C)[C@H]12. The van der Waals surface area contributed by atoms with Crippen molar-refractivity contribution >= 4 is 140 Å².